The van der Waals surface area contributed by atoms with Gasteiger partial charge in [-0.1, -0.05) is 11.6 Å². The molecule has 1 unspecified atom stereocenters. The fourth-order valence-corrected chi connectivity index (χ4v) is 3.11. The van der Waals surface area contributed by atoms with Crippen LogP contribution in [0.1, 0.15) is 11.9 Å². The molecule has 1 aromatic carbocycles. The molecule has 118 valence electrons. The number of fused-ring (bicyclic) bond motifs is 1. The first-order valence-electron chi connectivity index (χ1n) is 7.36. The van der Waals surface area contributed by atoms with Gasteiger partial charge in [0.25, 0.3) is 0 Å². The predicted octanol–water partition coefficient (Wildman–Crippen LogP) is 4.20. The van der Waals surface area contributed by atoms with Crippen LogP contribution in [0.15, 0.2) is 47.2 Å². The van der Waals surface area contributed by atoms with Crippen molar-refractivity contribution in [2.45, 2.75) is 6.10 Å². The number of benzene rings is 1. The van der Waals surface area contributed by atoms with E-state index >= 15 is 0 Å². The molecule has 4 rings (SSSR count). The summed E-state index contributed by atoms with van der Waals surface area (Å²) in [4.78, 5) is 6.08. The Balaban J connectivity index is 1.70. The Labute approximate surface area is 137 Å². The summed E-state index contributed by atoms with van der Waals surface area (Å²) in [5.74, 6) is 0.391. The number of halogens is 2. The molecule has 23 heavy (non-hydrogen) atoms. The van der Waals surface area contributed by atoms with Gasteiger partial charge in [0.15, 0.2) is 5.82 Å². The lowest BCUT2D eigenvalue weighted by Crippen LogP contribution is -2.38. The first-order valence-corrected chi connectivity index (χ1v) is 7.74. The van der Waals surface area contributed by atoms with Gasteiger partial charge >= 0.3 is 0 Å². The number of furan rings is 1. The van der Waals surface area contributed by atoms with Crippen molar-refractivity contribution in [3.63, 3.8) is 0 Å². The highest BCUT2D eigenvalue weighted by Crippen LogP contribution is 2.32. The Morgan fingerprint density at radius 3 is 3.00 bits per heavy atom. The van der Waals surface area contributed by atoms with Crippen molar-refractivity contribution >= 4 is 28.2 Å². The lowest BCUT2D eigenvalue weighted by Gasteiger charge is -2.33. The maximum Gasteiger partial charge on any atom is 0.172 e. The van der Waals surface area contributed by atoms with Gasteiger partial charge in [-0.05, 0) is 30.3 Å². The van der Waals surface area contributed by atoms with Crippen LogP contribution in [0, 0.1) is 5.82 Å². The molecule has 0 bridgehead atoms. The van der Waals surface area contributed by atoms with E-state index in [9.17, 15) is 4.39 Å². The number of anilines is 1. The summed E-state index contributed by atoms with van der Waals surface area (Å²) in [6.45, 7) is 1.64. The molecule has 6 heteroatoms. The molecule has 0 amide bonds. The second-order valence-corrected chi connectivity index (χ2v) is 5.82. The Morgan fingerprint density at radius 2 is 2.17 bits per heavy atom. The number of aromatic nitrogens is 1. The SMILES string of the molecule is Fc1c(N2CCOC(c3ccco3)C2)ccc2c(Cl)ccnc12. The molecule has 4 nitrogen and oxygen atoms in total. The summed E-state index contributed by atoms with van der Waals surface area (Å²) in [5.41, 5.74) is 0.795. The van der Waals surface area contributed by atoms with E-state index in [1.165, 1.54) is 6.20 Å². The van der Waals surface area contributed by atoms with Gasteiger partial charge in [-0.3, -0.25) is 4.98 Å². The molecule has 0 saturated carbocycles. The van der Waals surface area contributed by atoms with Crippen LogP contribution in [0.3, 0.4) is 0 Å². The van der Waals surface area contributed by atoms with Crippen LogP contribution in [-0.4, -0.2) is 24.7 Å². The highest BCUT2D eigenvalue weighted by Gasteiger charge is 2.26. The predicted molar refractivity (Wildman–Crippen MR) is 86.3 cm³/mol. The van der Waals surface area contributed by atoms with Crippen molar-refractivity contribution in [1.29, 1.82) is 0 Å². The van der Waals surface area contributed by atoms with E-state index in [0.717, 1.165) is 5.76 Å². The van der Waals surface area contributed by atoms with Gasteiger partial charge in [0.1, 0.15) is 17.4 Å². The van der Waals surface area contributed by atoms with Gasteiger partial charge in [-0.15, -0.1) is 0 Å². The number of nitrogens with zero attached hydrogens (tertiary/aromatic N) is 2. The third-order valence-electron chi connectivity index (χ3n) is 4.05. The van der Waals surface area contributed by atoms with Crippen molar-refractivity contribution in [1.82, 2.24) is 4.98 Å². The number of pyridine rings is 1. The summed E-state index contributed by atoms with van der Waals surface area (Å²) in [6, 6.07) is 8.90. The van der Waals surface area contributed by atoms with Crippen LogP contribution in [-0.2, 0) is 4.74 Å². The van der Waals surface area contributed by atoms with Crippen molar-refractivity contribution in [2.75, 3.05) is 24.6 Å². The van der Waals surface area contributed by atoms with Crippen molar-refractivity contribution < 1.29 is 13.5 Å². The monoisotopic (exact) mass is 332 g/mol. The molecule has 3 heterocycles. The van der Waals surface area contributed by atoms with E-state index < -0.39 is 0 Å². The smallest absolute Gasteiger partial charge is 0.172 e. The number of morpholine rings is 1. The Kier molecular flexibility index (Phi) is 3.67. The molecule has 0 N–H and O–H groups in total. The van der Waals surface area contributed by atoms with Gasteiger partial charge < -0.3 is 14.1 Å². The summed E-state index contributed by atoms with van der Waals surface area (Å²) in [6.07, 6.45) is 2.92. The number of ether oxygens (including phenoxy) is 1. The highest BCUT2D eigenvalue weighted by molar-refractivity contribution is 6.35. The summed E-state index contributed by atoms with van der Waals surface area (Å²) in [7, 11) is 0. The van der Waals surface area contributed by atoms with Gasteiger partial charge in [-0.2, -0.15) is 0 Å². The minimum atomic E-state index is -0.356. The lowest BCUT2D eigenvalue weighted by atomic mass is 10.1. The summed E-state index contributed by atoms with van der Waals surface area (Å²) >= 11 is 6.11. The third-order valence-corrected chi connectivity index (χ3v) is 4.37. The molecule has 1 aliphatic rings. The van der Waals surface area contributed by atoms with Gasteiger partial charge in [0, 0.05) is 18.1 Å². The molecule has 3 aromatic rings. The van der Waals surface area contributed by atoms with E-state index in [-0.39, 0.29) is 17.4 Å². The topological polar surface area (TPSA) is 38.5 Å². The van der Waals surface area contributed by atoms with E-state index in [4.69, 9.17) is 20.8 Å². The van der Waals surface area contributed by atoms with Crippen LogP contribution >= 0.6 is 11.6 Å². The van der Waals surface area contributed by atoms with Crippen molar-refractivity contribution in [3.8, 4) is 0 Å². The molecular weight excluding hydrogens is 319 g/mol. The minimum Gasteiger partial charge on any atom is -0.467 e. The van der Waals surface area contributed by atoms with E-state index in [0.29, 0.717) is 35.8 Å². The number of rotatable bonds is 2. The van der Waals surface area contributed by atoms with Gasteiger partial charge in [-0.25, -0.2) is 4.39 Å². The minimum absolute atomic E-state index is 0.207. The zero-order valence-electron chi connectivity index (χ0n) is 12.2. The second kappa shape index (κ2) is 5.83. The van der Waals surface area contributed by atoms with Crippen LogP contribution < -0.4 is 4.90 Å². The molecule has 1 saturated heterocycles. The van der Waals surface area contributed by atoms with Gasteiger partial charge in [0.05, 0.1) is 30.1 Å². The fourth-order valence-electron chi connectivity index (χ4n) is 2.90. The molecule has 0 spiro atoms. The Morgan fingerprint density at radius 1 is 1.26 bits per heavy atom. The van der Waals surface area contributed by atoms with Gasteiger partial charge in [0.2, 0.25) is 0 Å². The van der Waals surface area contributed by atoms with Crippen molar-refractivity contribution in [2.24, 2.45) is 0 Å². The lowest BCUT2D eigenvalue weighted by molar-refractivity contribution is 0.0255. The third kappa shape index (κ3) is 2.56. The maximum atomic E-state index is 14.9. The summed E-state index contributed by atoms with van der Waals surface area (Å²) < 4.78 is 26.0. The normalized spacial score (nSPS) is 18.5. The summed E-state index contributed by atoms with van der Waals surface area (Å²) in [5, 5.41) is 1.11. The quantitative estimate of drug-likeness (QED) is 0.705. The molecule has 1 atom stereocenters. The average Bonchev–Trinajstić information content (AvgIpc) is 3.11. The van der Waals surface area contributed by atoms with Crippen molar-refractivity contribution in [3.05, 3.63) is 59.4 Å². The Bertz CT molecular complexity index is 838. The zero-order valence-corrected chi connectivity index (χ0v) is 13.0. The molecule has 0 aliphatic carbocycles. The van der Waals surface area contributed by atoms with Crippen LogP contribution in [0.25, 0.3) is 10.9 Å². The number of hydrogen-bond donors (Lipinski definition) is 0. The first kappa shape index (κ1) is 14.5. The van der Waals surface area contributed by atoms with Crippen LogP contribution in [0.2, 0.25) is 5.02 Å². The molecular formula is C17H14ClFN2O2. The molecule has 2 aromatic heterocycles. The van der Waals surface area contributed by atoms with Crippen LogP contribution in [0.5, 0.6) is 0 Å². The standard InChI is InChI=1S/C17H14ClFN2O2/c18-12-5-6-20-17-11(12)3-4-13(16(17)19)21-7-9-23-15(10-21)14-2-1-8-22-14/h1-6,8,15H,7,9-10H2. The van der Waals surface area contributed by atoms with Crippen LogP contribution in [0.4, 0.5) is 10.1 Å². The second-order valence-electron chi connectivity index (χ2n) is 5.41. The van der Waals surface area contributed by atoms with E-state index in [1.54, 1.807) is 24.5 Å². The fraction of sp³-hybridized carbons (Fsp3) is 0.235. The molecule has 1 aliphatic heterocycles. The molecule has 1 fully saturated rings. The number of hydrogen-bond acceptors (Lipinski definition) is 4. The van der Waals surface area contributed by atoms with E-state index in [2.05, 4.69) is 4.98 Å². The maximum absolute atomic E-state index is 14.9. The molecule has 0 radical (unpaired) electrons. The first-order chi connectivity index (χ1) is 11.2. The highest BCUT2D eigenvalue weighted by atomic mass is 35.5. The largest absolute Gasteiger partial charge is 0.467 e. The average molecular weight is 333 g/mol. The van der Waals surface area contributed by atoms with E-state index in [1.807, 2.05) is 17.0 Å². The zero-order chi connectivity index (χ0) is 15.8. The Hall–Kier alpha value is -2.11.